The maximum Gasteiger partial charge on any atom is 0.152 e. The average molecular weight is 359 g/mol. The van der Waals surface area contributed by atoms with E-state index in [-0.39, 0.29) is 0 Å². The van der Waals surface area contributed by atoms with Gasteiger partial charge in [0.25, 0.3) is 0 Å². The van der Waals surface area contributed by atoms with Crippen molar-refractivity contribution in [3.8, 4) is 5.75 Å². The molecule has 6 nitrogen and oxygen atoms in total. The third-order valence-electron chi connectivity index (χ3n) is 5.02. The molecule has 27 heavy (non-hydrogen) atoms. The zero-order chi connectivity index (χ0) is 18.2. The number of nitrogens with one attached hydrogen (secondary N) is 1. The number of ether oxygens (including phenoxy) is 1. The Balaban J connectivity index is 1.57. The summed E-state index contributed by atoms with van der Waals surface area (Å²) in [6.45, 7) is 3.22. The number of aryl methyl sites for hydroxylation is 1. The normalized spacial score (nSPS) is 14.2. The second kappa shape index (κ2) is 6.55. The summed E-state index contributed by atoms with van der Waals surface area (Å²) in [5.41, 5.74) is 10.1. The highest BCUT2D eigenvalue weighted by Gasteiger charge is 2.18. The molecule has 0 unspecified atom stereocenters. The Morgan fingerprint density at radius 3 is 2.89 bits per heavy atom. The van der Waals surface area contributed by atoms with E-state index in [1.165, 1.54) is 0 Å². The largest absolute Gasteiger partial charge is 0.489 e. The minimum atomic E-state index is 0.471. The second-order valence-corrected chi connectivity index (χ2v) is 6.86. The third-order valence-corrected chi connectivity index (χ3v) is 5.02. The van der Waals surface area contributed by atoms with Crippen molar-refractivity contribution in [3.63, 3.8) is 0 Å². The zero-order valence-electron chi connectivity index (χ0n) is 15.0. The number of aromatic nitrogens is 3. The van der Waals surface area contributed by atoms with Gasteiger partial charge in [-0.15, -0.1) is 0 Å². The van der Waals surface area contributed by atoms with E-state index in [9.17, 15) is 0 Å². The molecule has 1 aliphatic heterocycles. The lowest BCUT2D eigenvalue weighted by atomic mass is 10.1. The van der Waals surface area contributed by atoms with E-state index >= 15 is 0 Å². The van der Waals surface area contributed by atoms with Crippen molar-refractivity contribution < 1.29 is 4.74 Å². The summed E-state index contributed by atoms with van der Waals surface area (Å²) < 4.78 is 8.23. The predicted octanol–water partition coefficient (Wildman–Crippen LogP) is 3.24. The quantitative estimate of drug-likeness (QED) is 0.587. The number of nitrogens with two attached hydrogens (primary N) is 1. The van der Waals surface area contributed by atoms with Crippen LogP contribution in [0.2, 0.25) is 0 Å². The van der Waals surface area contributed by atoms with Crippen molar-refractivity contribution in [3.05, 3.63) is 59.9 Å². The van der Waals surface area contributed by atoms with Crippen molar-refractivity contribution >= 4 is 27.8 Å². The molecule has 0 radical (unpaired) electrons. The van der Waals surface area contributed by atoms with E-state index in [0.29, 0.717) is 12.4 Å². The molecule has 3 N–H and O–H groups in total. The van der Waals surface area contributed by atoms with Crippen molar-refractivity contribution in [1.82, 2.24) is 19.9 Å². The Bertz CT molecular complexity index is 1120. The van der Waals surface area contributed by atoms with Crippen LogP contribution >= 0.6 is 0 Å². The average Bonchev–Trinajstić information content (AvgIpc) is 2.91. The molecule has 2 aromatic carbocycles. The van der Waals surface area contributed by atoms with E-state index in [1.54, 1.807) is 0 Å². The number of benzene rings is 2. The summed E-state index contributed by atoms with van der Waals surface area (Å²) in [4.78, 5) is 9.33. The highest BCUT2D eigenvalue weighted by molar-refractivity contribution is 6.06. The van der Waals surface area contributed by atoms with Crippen molar-refractivity contribution in [1.29, 1.82) is 0 Å². The molecule has 136 valence electrons. The molecule has 0 saturated carbocycles. The van der Waals surface area contributed by atoms with Crippen LogP contribution in [0.5, 0.6) is 5.75 Å². The molecule has 0 aliphatic carbocycles. The summed E-state index contributed by atoms with van der Waals surface area (Å²) in [5.74, 6) is 2.28. The van der Waals surface area contributed by atoms with Crippen LogP contribution < -0.4 is 15.8 Å². The van der Waals surface area contributed by atoms with Gasteiger partial charge in [0.1, 0.15) is 23.7 Å². The van der Waals surface area contributed by atoms with Crippen LogP contribution in [0.4, 0.5) is 5.82 Å². The van der Waals surface area contributed by atoms with Crippen LogP contribution in [-0.4, -0.2) is 21.1 Å². The van der Waals surface area contributed by atoms with Gasteiger partial charge in [-0.2, -0.15) is 0 Å². The molecule has 0 bridgehead atoms. The van der Waals surface area contributed by atoms with Crippen LogP contribution in [0.15, 0.2) is 48.5 Å². The third kappa shape index (κ3) is 2.88. The smallest absolute Gasteiger partial charge is 0.152 e. The lowest BCUT2D eigenvalue weighted by Crippen LogP contribution is -2.12. The lowest BCUT2D eigenvalue weighted by Gasteiger charge is -2.10. The summed E-state index contributed by atoms with van der Waals surface area (Å²) in [7, 11) is 0. The van der Waals surface area contributed by atoms with Gasteiger partial charge in [-0.25, -0.2) is 9.97 Å². The van der Waals surface area contributed by atoms with Crippen LogP contribution in [0.1, 0.15) is 17.8 Å². The topological polar surface area (TPSA) is 78.0 Å². The fourth-order valence-corrected chi connectivity index (χ4v) is 3.71. The molecule has 2 aromatic heterocycles. The van der Waals surface area contributed by atoms with Crippen molar-refractivity contribution in [2.75, 3.05) is 12.3 Å². The van der Waals surface area contributed by atoms with Crippen LogP contribution in [0.25, 0.3) is 21.9 Å². The van der Waals surface area contributed by atoms with Crippen molar-refractivity contribution in [2.24, 2.45) is 0 Å². The molecule has 0 fully saturated rings. The van der Waals surface area contributed by atoms with Gasteiger partial charge in [-0.1, -0.05) is 30.3 Å². The highest BCUT2D eigenvalue weighted by Crippen LogP contribution is 2.31. The predicted molar refractivity (Wildman–Crippen MR) is 107 cm³/mol. The van der Waals surface area contributed by atoms with Gasteiger partial charge in [0.15, 0.2) is 5.82 Å². The maximum atomic E-state index is 6.24. The van der Waals surface area contributed by atoms with Crippen LogP contribution in [0, 0.1) is 0 Å². The summed E-state index contributed by atoms with van der Waals surface area (Å²) in [6, 6.07) is 16.2. The lowest BCUT2D eigenvalue weighted by molar-refractivity contribution is 0.306. The molecular weight excluding hydrogens is 338 g/mol. The van der Waals surface area contributed by atoms with Gasteiger partial charge in [0.2, 0.25) is 0 Å². The molecule has 5 rings (SSSR count). The summed E-state index contributed by atoms with van der Waals surface area (Å²) in [5, 5.41) is 4.47. The fraction of sp³-hybridized carbons (Fsp3) is 0.238. The molecule has 0 atom stereocenters. The maximum absolute atomic E-state index is 6.24. The van der Waals surface area contributed by atoms with Gasteiger partial charge < -0.3 is 20.4 Å². The van der Waals surface area contributed by atoms with Gasteiger partial charge in [0.05, 0.1) is 17.6 Å². The highest BCUT2D eigenvalue weighted by atomic mass is 16.5. The Kier molecular flexibility index (Phi) is 3.90. The van der Waals surface area contributed by atoms with E-state index in [0.717, 1.165) is 65.1 Å². The summed E-state index contributed by atoms with van der Waals surface area (Å²) >= 11 is 0. The number of nitrogen functional groups attached to an aromatic ring is 1. The molecular formula is C21H21N5O. The van der Waals surface area contributed by atoms with E-state index in [4.69, 9.17) is 15.5 Å². The fourth-order valence-electron chi connectivity index (χ4n) is 3.71. The van der Waals surface area contributed by atoms with Gasteiger partial charge in [-0.3, -0.25) is 0 Å². The minimum absolute atomic E-state index is 0.471. The molecule has 1 aliphatic rings. The number of hydrogen-bond donors (Lipinski definition) is 2. The first kappa shape index (κ1) is 16.1. The Morgan fingerprint density at radius 1 is 1.11 bits per heavy atom. The molecule has 4 aromatic rings. The van der Waals surface area contributed by atoms with Crippen LogP contribution in [0.3, 0.4) is 0 Å². The Labute approximate surface area is 157 Å². The number of nitrogens with zero attached hydrogens (tertiary/aromatic N) is 3. The molecule has 0 amide bonds. The van der Waals surface area contributed by atoms with Gasteiger partial charge >= 0.3 is 0 Å². The zero-order valence-corrected chi connectivity index (χ0v) is 15.0. The molecule has 0 saturated heterocycles. The number of pyridine rings is 1. The molecule has 6 heteroatoms. The van der Waals surface area contributed by atoms with Gasteiger partial charge in [0, 0.05) is 18.0 Å². The van der Waals surface area contributed by atoms with E-state index < -0.39 is 0 Å². The SMILES string of the molecule is Nc1nc2cc(OCc3ccccc3)ccc2c2c1nc1n2CCCNC1. The van der Waals surface area contributed by atoms with E-state index in [1.807, 2.05) is 30.3 Å². The van der Waals surface area contributed by atoms with Gasteiger partial charge in [-0.05, 0) is 30.7 Å². The number of rotatable bonds is 3. The molecule has 3 heterocycles. The first-order valence-electron chi connectivity index (χ1n) is 9.25. The number of anilines is 1. The Morgan fingerprint density at radius 2 is 2.00 bits per heavy atom. The molecule has 0 spiro atoms. The number of fused-ring (bicyclic) bond motifs is 5. The minimum Gasteiger partial charge on any atom is -0.489 e. The van der Waals surface area contributed by atoms with E-state index in [2.05, 4.69) is 33.1 Å². The first-order chi connectivity index (χ1) is 13.3. The van der Waals surface area contributed by atoms with Crippen LogP contribution in [-0.2, 0) is 19.7 Å². The first-order valence-corrected chi connectivity index (χ1v) is 9.25. The standard InChI is InChI=1S/C21H21N5O/c22-21-19-20(26-10-4-9-23-12-18(26)25-19)16-8-7-15(11-17(16)24-21)27-13-14-5-2-1-3-6-14/h1-3,5-8,11,23H,4,9-10,12-13H2,(H2,22,24). The number of imidazole rings is 1. The number of hydrogen-bond acceptors (Lipinski definition) is 5. The second-order valence-electron chi connectivity index (χ2n) is 6.86. The monoisotopic (exact) mass is 359 g/mol. The summed E-state index contributed by atoms with van der Waals surface area (Å²) in [6.07, 6.45) is 1.07. The Hall–Kier alpha value is -3.12. The van der Waals surface area contributed by atoms with Crippen molar-refractivity contribution in [2.45, 2.75) is 26.1 Å².